The second-order valence-corrected chi connectivity index (χ2v) is 10.4. The van der Waals surface area contributed by atoms with Gasteiger partial charge in [-0.15, -0.1) is 0 Å². The van der Waals surface area contributed by atoms with Crippen LogP contribution in [-0.2, 0) is 0 Å². The summed E-state index contributed by atoms with van der Waals surface area (Å²) in [5, 5.41) is 0. The molecule has 0 saturated heterocycles. The molecule has 0 radical (unpaired) electrons. The van der Waals surface area contributed by atoms with Gasteiger partial charge in [0.15, 0.2) is 0 Å². The third kappa shape index (κ3) is 5.88. The molecular weight excluding hydrogens is 474 g/mol. The van der Waals surface area contributed by atoms with Gasteiger partial charge >= 0.3 is 0 Å². The minimum atomic E-state index is 0.405. The van der Waals surface area contributed by atoms with E-state index in [0.29, 0.717) is 5.92 Å². The van der Waals surface area contributed by atoms with Crippen molar-refractivity contribution in [2.24, 2.45) is 15.9 Å². The van der Waals surface area contributed by atoms with Crippen molar-refractivity contribution < 1.29 is 0 Å². The molecule has 0 saturated carbocycles. The molecule has 0 spiro atoms. The molecule has 3 aromatic carbocycles. The lowest BCUT2D eigenvalue weighted by atomic mass is 9.90. The van der Waals surface area contributed by atoms with Crippen molar-refractivity contribution in [1.29, 1.82) is 0 Å². The Balaban J connectivity index is 1.58. The summed E-state index contributed by atoms with van der Waals surface area (Å²) in [6.45, 7) is 10.7. The highest BCUT2D eigenvalue weighted by atomic mass is 14.8. The summed E-state index contributed by atoms with van der Waals surface area (Å²) in [7, 11) is 0. The first kappa shape index (κ1) is 26.2. The Labute approximate surface area is 232 Å². The number of benzene rings is 3. The lowest BCUT2D eigenvalue weighted by Gasteiger charge is -2.20. The minimum Gasteiger partial charge on any atom is -0.255 e. The van der Waals surface area contributed by atoms with Crippen molar-refractivity contribution in [2.45, 2.75) is 41.0 Å². The molecule has 5 rings (SSSR count). The fraction of sp³-hybridized carbons (Fsp3) is 0.194. The highest BCUT2D eigenvalue weighted by Gasteiger charge is 2.17. The van der Waals surface area contributed by atoms with E-state index < -0.39 is 0 Å². The maximum Gasteiger partial charge on any atom is 0.0849 e. The number of pyridine rings is 1. The quantitative estimate of drug-likeness (QED) is 0.238. The van der Waals surface area contributed by atoms with Crippen LogP contribution < -0.4 is 0 Å². The van der Waals surface area contributed by atoms with Gasteiger partial charge in [-0.2, -0.15) is 0 Å². The van der Waals surface area contributed by atoms with Crippen LogP contribution in [0, 0.1) is 5.92 Å². The van der Waals surface area contributed by atoms with Gasteiger partial charge in [0.05, 0.1) is 28.5 Å². The monoisotopic (exact) mass is 509 g/mol. The molecule has 0 N–H and O–H groups in total. The molecule has 1 aromatic heterocycles. The topological polar surface area (TPSA) is 37.6 Å². The van der Waals surface area contributed by atoms with Crippen LogP contribution in [0.3, 0.4) is 0 Å². The number of hydrogen-bond donors (Lipinski definition) is 0. The van der Waals surface area contributed by atoms with Crippen LogP contribution in [0.15, 0.2) is 130 Å². The number of rotatable bonds is 6. The van der Waals surface area contributed by atoms with Gasteiger partial charge in [0.1, 0.15) is 0 Å². The van der Waals surface area contributed by atoms with Crippen molar-refractivity contribution in [3.05, 3.63) is 131 Å². The zero-order valence-electron chi connectivity index (χ0n) is 23.4. The average molecular weight is 510 g/mol. The zero-order chi connectivity index (χ0) is 27.4. The van der Waals surface area contributed by atoms with E-state index >= 15 is 0 Å². The fourth-order valence-electron chi connectivity index (χ4n) is 5.34. The van der Waals surface area contributed by atoms with Crippen LogP contribution in [0.4, 0.5) is 5.69 Å². The number of aliphatic imine (C=N–C) groups is 2. The van der Waals surface area contributed by atoms with Crippen molar-refractivity contribution in [2.75, 3.05) is 0 Å². The molecule has 4 aromatic rings. The SMILES string of the molecule is CC1=CC(C)=C(N=C(C)c2cccc(C(C)=Nc3c(-c4ccccc4)cccc3-c3ccccc3)n2)C(C)C1. The first-order chi connectivity index (χ1) is 18.9. The average Bonchev–Trinajstić information content (AvgIpc) is 2.96. The standard InChI is InChI=1S/C36H35N3/c1-24-22-25(2)35(26(3)23-24)37-27(4)33-20-13-21-34(39-33)28(5)38-36-31(29-14-8-6-9-15-29)18-12-19-32(36)30-16-10-7-11-17-30/h6-22,26H,23H2,1-5H3. The molecule has 1 aliphatic rings. The summed E-state index contributed by atoms with van der Waals surface area (Å²) in [6.07, 6.45) is 3.30. The summed E-state index contributed by atoms with van der Waals surface area (Å²) in [6, 6.07) is 33.4. The molecule has 1 unspecified atom stereocenters. The van der Waals surface area contributed by atoms with Gasteiger partial charge in [0, 0.05) is 22.7 Å². The largest absolute Gasteiger partial charge is 0.255 e. The Kier molecular flexibility index (Phi) is 7.79. The number of allylic oxidation sites excluding steroid dienone is 4. The number of aromatic nitrogens is 1. The summed E-state index contributed by atoms with van der Waals surface area (Å²) in [5.41, 5.74) is 12.7. The Morgan fingerprint density at radius 2 is 1.18 bits per heavy atom. The summed E-state index contributed by atoms with van der Waals surface area (Å²) in [5.74, 6) is 0.405. The first-order valence-corrected chi connectivity index (χ1v) is 13.6. The highest BCUT2D eigenvalue weighted by molar-refractivity contribution is 6.03. The van der Waals surface area contributed by atoms with Gasteiger partial charge in [-0.3, -0.25) is 9.98 Å². The van der Waals surface area contributed by atoms with E-state index in [1.54, 1.807) is 0 Å². The molecule has 0 aliphatic heterocycles. The molecule has 0 fully saturated rings. The van der Waals surface area contributed by atoms with Crippen LogP contribution in [0.1, 0.15) is 52.4 Å². The van der Waals surface area contributed by atoms with Crippen LogP contribution in [0.25, 0.3) is 22.3 Å². The lowest BCUT2D eigenvalue weighted by molar-refractivity contribution is 0.645. The third-order valence-electron chi connectivity index (χ3n) is 7.23. The molecular formula is C36H35N3. The summed E-state index contributed by atoms with van der Waals surface area (Å²) in [4.78, 5) is 15.3. The van der Waals surface area contributed by atoms with Gasteiger partial charge < -0.3 is 0 Å². The predicted octanol–water partition coefficient (Wildman–Crippen LogP) is 9.63. The van der Waals surface area contributed by atoms with Gasteiger partial charge in [-0.1, -0.05) is 104 Å². The Morgan fingerprint density at radius 3 is 1.72 bits per heavy atom. The molecule has 0 bridgehead atoms. The summed E-state index contributed by atoms with van der Waals surface area (Å²) < 4.78 is 0. The second kappa shape index (κ2) is 11.6. The minimum absolute atomic E-state index is 0.405. The zero-order valence-corrected chi connectivity index (χ0v) is 23.4. The molecule has 1 aliphatic carbocycles. The Morgan fingerprint density at radius 1 is 0.667 bits per heavy atom. The molecule has 3 nitrogen and oxygen atoms in total. The summed E-state index contributed by atoms with van der Waals surface area (Å²) >= 11 is 0. The van der Waals surface area contributed by atoms with E-state index in [1.807, 2.05) is 37.3 Å². The van der Waals surface area contributed by atoms with Crippen LogP contribution in [0.5, 0.6) is 0 Å². The molecule has 0 amide bonds. The van der Waals surface area contributed by atoms with E-state index in [0.717, 1.165) is 62.9 Å². The van der Waals surface area contributed by atoms with Gasteiger partial charge in [0.25, 0.3) is 0 Å². The second-order valence-electron chi connectivity index (χ2n) is 10.4. The molecule has 39 heavy (non-hydrogen) atoms. The van der Waals surface area contributed by atoms with Gasteiger partial charge in [-0.05, 0) is 62.9 Å². The Bertz CT molecular complexity index is 1550. The van der Waals surface area contributed by atoms with Crippen LogP contribution >= 0.6 is 0 Å². The number of hydrogen-bond acceptors (Lipinski definition) is 3. The van der Waals surface area contributed by atoms with E-state index in [9.17, 15) is 0 Å². The molecule has 194 valence electrons. The van der Waals surface area contributed by atoms with Crippen LogP contribution in [-0.4, -0.2) is 16.4 Å². The maximum absolute atomic E-state index is 5.23. The lowest BCUT2D eigenvalue weighted by Crippen LogP contribution is -2.10. The van der Waals surface area contributed by atoms with Crippen molar-refractivity contribution >= 4 is 17.1 Å². The number of para-hydroxylation sites is 1. The fourth-order valence-corrected chi connectivity index (χ4v) is 5.34. The molecule has 3 heteroatoms. The molecule has 1 atom stereocenters. The van der Waals surface area contributed by atoms with Gasteiger partial charge in [0.2, 0.25) is 0 Å². The molecule has 1 heterocycles. The van der Waals surface area contributed by atoms with E-state index in [2.05, 4.69) is 101 Å². The number of nitrogens with zero attached hydrogens (tertiary/aromatic N) is 3. The maximum atomic E-state index is 5.23. The smallest absolute Gasteiger partial charge is 0.0849 e. The van der Waals surface area contributed by atoms with Crippen molar-refractivity contribution in [3.8, 4) is 22.3 Å². The van der Waals surface area contributed by atoms with E-state index in [1.165, 1.54) is 11.1 Å². The van der Waals surface area contributed by atoms with Crippen LogP contribution in [0.2, 0.25) is 0 Å². The van der Waals surface area contributed by atoms with E-state index in [-0.39, 0.29) is 0 Å². The van der Waals surface area contributed by atoms with E-state index in [4.69, 9.17) is 15.0 Å². The predicted molar refractivity (Wildman–Crippen MR) is 166 cm³/mol. The first-order valence-electron chi connectivity index (χ1n) is 13.6. The van der Waals surface area contributed by atoms with Crippen molar-refractivity contribution in [3.63, 3.8) is 0 Å². The van der Waals surface area contributed by atoms with Gasteiger partial charge in [-0.25, -0.2) is 4.98 Å². The van der Waals surface area contributed by atoms with Crippen molar-refractivity contribution in [1.82, 2.24) is 4.98 Å². The third-order valence-corrected chi connectivity index (χ3v) is 7.23. The normalized spacial score (nSPS) is 16.3. The Hall–Kier alpha value is -4.37. The highest BCUT2D eigenvalue weighted by Crippen LogP contribution is 2.39.